The molecule has 1 heterocycles. The summed E-state index contributed by atoms with van der Waals surface area (Å²) in [4.78, 5) is 6.52. The molecule has 116 valence electrons. The van der Waals surface area contributed by atoms with E-state index < -0.39 is 0 Å². The highest BCUT2D eigenvalue weighted by Crippen LogP contribution is 2.55. The summed E-state index contributed by atoms with van der Waals surface area (Å²) in [5, 5.41) is 3.70. The zero-order chi connectivity index (χ0) is 14.9. The van der Waals surface area contributed by atoms with E-state index >= 15 is 0 Å². The van der Waals surface area contributed by atoms with Gasteiger partial charge in [0.2, 0.25) is 0 Å². The van der Waals surface area contributed by atoms with Crippen LogP contribution in [-0.4, -0.2) is 37.8 Å². The Kier molecular flexibility index (Phi) is 4.07. The molecule has 0 amide bonds. The van der Waals surface area contributed by atoms with Gasteiger partial charge in [-0.2, -0.15) is 0 Å². The molecule has 1 spiro atoms. The van der Waals surface area contributed by atoms with Crippen LogP contribution in [0.4, 0.5) is 11.5 Å². The van der Waals surface area contributed by atoms with E-state index in [1.54, 1.807) is 0 Å². The largest absolute Gasteiger partial charge is 0.380 e. The minimum Gasteiger partial charge on any atom is -0.380 e. The average molecular weight is 289 g/mol. The molecule has 1 N–H and O–H groups in total. The first-order chi connectivity index (χ1) is 10.2. The van der Waals surface area contributed by atoms with Gasteiger partial charge in [-0.1, -0.05) is 12.8 Å². The van der Waals surface area contributed by atoms with Gasteiger partial charge in [0, 0.05) is 32.2 Å². The number of aromatic nitrogens is 1. The topological polar surface area (TPSA) is 37.4 Å². The molecule has 2 unspecified atom stereocenters. The number of ether oxygens (including phenoxy) is 1. The Hall–Kier alpha value is -1.29. The molecule has 1 aromatic rings. The second-order valence-corrected chi connectivity index (χ2v) is 6.62. The molecule has 2 atom stereocenters. The van der Waals surface area contributed by atoms with Crippen LogP contribution in [0.3, 0.4) is 0 Å². The van der Waals surface area contributed by atoms with E-state index in [0.29, 0.717) is 17.6 Å². The summed E-state index contributed by atoms with van der Waals surface area (Å²) >= 11 is 0. The van der Waals surface area contributed by atoms with E-state index in [2.05, 4.69) is 29.4 Å². The van der Waals surface area contributed by atoms with E-state index in [-0.39, 0.29) is 0 Å². The van der Waals surface area contributed by atoms with Gasteiger partial charge in [0.15, 0.2) is 0 Å². The summed E-state index contributed by atoms with van der Waals surface area (Å²) < 4.78 is 5.97. The molecular formula is C17H27N3O. The van der Waals surface area contributed by atoms with Crippen LogP contribution in [0.2, 0.25) is 0 Å². The van der Waals surface area contributed by atoms with Crippen molar-refractivity contribution in [1.82, 2.24) is 4.98 Å². The molecule has 0 aliphatic heterocycles. The minimum atomic E-state index is 0.371. The Morgan fingerprint density at radius 1 is 1.33 bits per heavy atom. The molecule has 0 saturated heterocycles. The zero-order valence-electron chi connectivity index (χ0n) is 13.4. The molecule has 0 aromatic carbocycles. The predicted octanol–water partition coefficient (Wildman–Crippen LogP) is 3.30. The number of nitrogens with one attached hydrogen (secondary N) is 1. The fourth-order valence-electron chi connectivity index (χ4n) is 4.03. The van der Waals surface area contributed by atoms with Crippen molar-refractivity contribution in [1.29, 1.82) is 0 Å². The van der Waals surface area contributed by atoms with Crippen LogP contribution in [0, 0.1) is 5.41 Å². The van der Waals surface area contributed by atoms with Gasteiger partial charge in [0.1, 0.15) is 5.82 Å². The first-order valence-corrected chi connectivity index (χ1v) is 8.17. The Morgan fingerprint density at radius 2 is 2.10 bits per heavy atom. The first-order valence-electron chi connectivity index (χ1n) is 8.17. The minimum absolute atomic E-state index is 0.371. The molecule has 2 saturated carbocycles. The number of pyridine rings is 1. The maximum atomic E-state index is 5.97. The Bertz CT molecular complexity index is 465. The van der Waals surface area contributed by atoms with Gasteiger partial charge in [0.25, 0.3) is 0 Å². The SMILES string of the molecule is CCOC1CC(Nc2ccc(N(C)C)nc2)C12CCCC2. The molecule has 21 heavy (non-hydrogen) atoms. The lowest BCUT2D eigenvalue weighted by atomic mass is 9.60. The monoisotopic (exact) mass is 289 g/mol. The molecule has 4 heteroatoms. The van der Waals surface area contributed by atoms with Crippen molar-refractivity contribution in [3.05, 3.63) is 18.3 Å². The number of rotatable bonds is 5. The van der Waals surface area contributed by atoms with Gasteiger partial charge in [-0.25, -0.2) is 4.98 Å². The molecule has 2 aliphatic carbocycles. The van der Waals surface area contributed by atoms with Crippen molar-refractivity contribution >= 4 is 11.5 Å². The molecule has 0 bridgehead atoms. The van der Waals surface area contributed by atoms with Gasteiger partial charge in [-0.15, -0.1) is 0 Å². The molecule has 4 nitrogen and oxygen atoms in total. The quantitative estimate of drug-likeness (QED) is 0.902. The van der Waals surface area contributed by atoms with Crippen LogP contribution in [0.25, 0.3) is 0 Å². The Balaban J connectivity index is 1.67. The van der Waals surface area contributed by atoms with Crippen LogP contribution in [0.5, 0.6) is 0 Å². The normalized spacial score (nSPS) is 26.6. The molecule has 3 rings (SSSR count). The van der Waals surface area contributed by atoms with Gasteiger partial charge < -0.3 is 15.0 Å². The van der Waals surface area contributed by atoms with Crippen LogP contribution >= 0.6 is 0 Å². The Labute approximate surface area is 127 Å². The number of hydrogen-bond acceptors (Lipinski definition) is 4. The average Bonchev–Trinajstić information content (AvgIpc) is 2.99. The molecular weight excluding hydrogens is 262 g/mol. The van der Waals surface area contributed by atoms with Crippen LogP contribution in [0.1, 0.15) is 39.0 Å². The fraction of sp³-hybridized carbons (Fsp3) is 0.706. The van der Waals surface area contributed by atoms with Gasteiger partial charge >= 0.3 is 0 Å². The second kappa shape index (κ2) is 5.84. The molecule has 1 aromatic heterocycles. The summed E-state index contributed by atoms with van der Waals surface area (Å²) in [5.41, 5.74) is 1.50. The van der Waals surface area contributed by atoms with Crippen molar-refractivity contribution < 1.29 is 4.74 Å². The Morgan fingerprint density at radius 3 is 2.67 bits per heavy atom. The van der Waals surface area contributed by atoms with Crippen molar-refractivity contribution in [2.75, 3.05) is 30.9 Å². The van der Waals surface area contributed by atoms with E-state index in [0.717, 1.165) is 24.5 Å². The zero-order valence-corrected chi connectivity index (χ0v) is 13.4. The summed E-state index contributed by atoms with van der Waals surface area (Å²) in [6.07, 6.45) is 8.84. The van der Waals surface area contributed by atoms with Crippen LogP contribution in [-0.2, 0) is 4.74 Å². The first kappa shape index (κ1) is 14.6. The number of nitrogens with zero attached hydrogens (tertiary/aromatic N) is 2. The summed E-state index contributed by atoms with van der Waals surface area (Å²) in [6.45, 7) is 2.94. The standard InChI is InChI=1S/C17H27N3O/c1-4-21-15-11-14(17(15)9-5-6-10-17)19-13-7-8-16(18-12-13)20(2)3/h7-8,12,14-15,19H,4-6,9-11H2,1-3H3. The molecule has 2 aliphatic rings. The van der Waals surface area contributed by atoms with Crippen molar-refractivity contribution in [2.24, 2.45) is 5.41 Å². The fourth-order valence-corrected chi connectivity index (χ4v) is 4.03. The highest BCUT2D eigenvalue weighted by Gasteiger charge is 2.56. The van der Waals surface area contributed by atoms with Crippen molar-refractivity contribution in [3.8, 4) is 0 Å². The van der Waals surface area contributed by atoms with E-state index in [1.165, 1.54) is 25.7 Å². The predicted molar refractivity (Wildman–Crippen MR) is 86.9 cm³/mol. The second-order valence-electron chi connectivity index (χ2n) is 6.62. The third-order valence-electron chi connectivity index (χ3n) is 5.23. The van der Waals surface area contributed by atoms with Crippen molar-refractivity contribution in [2.45, 2.75) is 51.2 Å². The smallest absolute Gasteiger partial charge is 0.128 e. The lowest BCUT2D eigenvalue weighted by molar-refractivity contribution is -0.114. The highest BCUT2D eigenvalue weighted by molar-refractivity contribution is 5.49. The van der Waals surface area contributed by atoms with Crippen LogP contribution in [0.15, 0.2) is 18.3 Å². The van der Waals surface area contributed by atoms with Gasteiger partial charge in [-0.05, 0) is 38.3 Å². The van der Waals surface area contributed by atoms with E-state index in [9.17, 15) is 0 Å². The van der Waals surface area contributed by atoms with Crippen molar-refractivity contribution in [3.63, 3.8) is 0 Å². The van der Waals surface area contributed by atoms with E-state index in [1.807, 2.05) is 25.2 Å². The lowest BCUT2D eigenvalue weighted by Gasteiger charge is -2.54. The molecule has 2 fully saturated rings. The summed E-state index contributed by atoms with van der Waals surface area (Å²) in [6, 6.07) is 4.75. The summed E-state index contributed by atoms with van der Waals surface area (Å²) in [5.74, 6) is 0.997. The third kappa shape index (κ3) is 2.61. The third-order valence-corrected chi connectivity index (χ3v) is 5.23. The van der Waals surface area contributed by atoms with E-state index in [4.69, 9.17) is 4.74 Å². The van der Waals surface area contributed by atoms with Crippen LogP contribution < -0.4 is 10.2 Å². The lowest BCUT2D eigenvalue weighted by Crippen LogP contribution is -2.60. The number of anilines is 2. The van der Waals surface area contributed by atoms with Gasteiger partial charge in [-0.3, -0.25) is 0 Å². The maximum absolute atomic E-state index is 5.97. The van der Waals surface area contributed by atoms with Gasteiger partial charge in [0.05, 0.1) is 18.0 Å². The number of hydrogen-bond donors (Lipinski definition) is 1. The highest BCUT2D eigenvalue weighted by atomic mass is 16.5. The maximum Gasteiger partial charge on any atom is 0.128 e. The molecule has 0 radical (unpaired) electrons. The summed E-state index contributed by atoms with van der Waals surface area (Å²) in [7, 11) is 4.03.